The zero-order valence-electron chi connectivity index (χ0n) is 18.7. The molecule has 170 valence electrons. The molecule has 0 spiro atoms. The van der Waals surface area contributed by atoms with Crippen molar-refractivity contribution in [1.29, 1.82) is 0 Å². The van der Waals surface area contributed by atoms with Gasteiger partial charge in [0.1, 0.15) is 0 Å². The van der Waals surface area contributed by atoms with Crippen LogP contribution < -0.4 is 5.32 Å². The third-order valence-electron chi connectivity index (χ3n) is 6.41. The fourth-order valence-corrected chi connectivity index (χ4v) is 4.51. The van der Waals surface area contributed by atoms with E-state index in [9.17, 15) is 9.59 Å². The number of amides is 2. The second kappa shape index (κ2) is 11.2. The fourth-order valence-electron chi connectivity index (χ4n) is 4.51. The van der Waals surface area contributed by atoms with Gasteiger partial charge in [0.25, 0.3) is 11.8 Å². The van der Waals surface area contributed by atoms with Crippen LogP contribution in [0.4, 0.5) is 0 Å². The van der Waals surface area contributed by atoms with Crippen LogP contribution in [0.15, 0.2) is 54.6 Å². The van der Waals surface area contributed by atoms with Crippen molar-refractivity contribution < 1.29 is 14.3 Å². The number of nitrogens with one attached hydrogen (secondary N) is 1. The van der Waals surface area contributed by atoms with Crippen molar-refractivity contribution in [2.45, 2.75) is 19.3 Å². The Morgan fingerprint density at radius 1 is 0.938 bits per heavy atom. The molecule has 0 saturated carbocycles. The number of benzene rings is 2. The molecule has 1 unspecified atom stereocenters. The zero-order valence-corrected chi connectivity index (χ0v) is 18.7. The number of carbonyl (C=O) groups is 2. The van der Waals surface area contributed by atoms with Crippen molar-refractivity contribution >= 4 is 11.8 Å². The van der Waals surface area contributed by atoms with Gasteiger partial charge in [0, 0.05) is 43.9 Å². The lowest BCUT2D eigenvalue weighted by Gasteiger charge is -2.32. The SMILES string of the molecule is O=C(NCC1CCCN(CCc2ccccc2)C1)c1ccc(C(=O)N2CCOCC2)cc1. The number of carbonyl (C=O) groups excluding carboxylic acids is 2. The maximum absolute atomic E-state index is 12.6. The highest BCUT2D eigenvalue weighted by Crippen LogP contribution is 2.17. The largest absolute Gasteiger partial charge is 0.378 e. The molecule has 0 aromatic heterocycles. The van der Waals surface area contributed by atoms with E-state index in [2.05, 4.69) is 40.5 Å². The van der Waals surface area contributed by atoms with E-state index >= 15 is 0 Å². The summed E-state index contributed by atoms with van der Waals surface area (Å²) < 4.78 is 5.30. The van der Waals surface area contributed by atoms with Gasteiger partial charge in [-0.1, -0.05) is 30.3 Å². The Morgan fingerprint density at radius 3 is 2.41 bits per heavy atom. The molecule has 32 heavy (non-hydrogen) atoms. The Hall–Kier alpha value is -2.70. The first-order valence-corrected chi connectivity index (χ1v) is 11.7. The molecular formula is C26H33N3O3. The number of piperidine rings is 1. The molecule has 6 nitrogen and oxygen atoms in total. The van der Waals surface area contributed by atoms with Crippen LogP contribution in [0.1, 0.15) is 39.1 Å². The zero-order chi connectivity index (χ0) is 22.2. The van der Waals surface area contributed by atoms with E-state index in [0.29, 0.717) is 49.9 Å². The van der Waals surface area contributed by atoms with Crippen molar-refractivity contribution in [2.75, 3.05) is 52.5 Å². The van der Waals surface area contributed by atoms with Gasteiger partial charge in [0.05, 0.1) is 13.2 Å². The number of ether oxygens (including phenoxy) is 1. The lowest BCUT2D eigenvalue weighted by molar-refractivity contribution is 0.0303. The van der Waals surface area contributed by atoms with E-state index in [-0.39, 0.29) is 11.8 Å². The minimum Gasteiger partial charge on any atom is -0.378 e. The molecule has 2 aromatic carbocycles. The summed E-state index contributed by atoms with van der Waals surface area (Å²) >= 11 is 0. The summed E-state index contributed by atoms with van der Waals surface area (Å²) in [6.07, 6.45) is 3.39. The Bertz CT molecular complexity index is 879. The summed E-state index contributed by atoms with van der Waals surface area (Å²) in [6.45, 7) is 6.31. The van der Waals surface area contributed by atoms with E-state index in [1.165, 1.54) is 12.0 Å². The van der Waals surface area contributed by atoms with E-state index < -0.39 is 0 Å². The molecule has 2 heterocycles. The third-order valence-corrected chi connectivity index (χ3v) is 6.41. The van der Waals surface area contributed by atoms with Gasteiger partial charge in [-0.3, -0.25) is 9.59 Å². The Balaban J connectivity index is 1.22. The van der Waals surface area contributed by atoms with Gasteiger partial charge in [-0.15, -0.1) is 0 Å². The van der Waals surface area contributed by atoms with Crippen LogP contribution in [-0.4, -0.2) is 74.1 Å². The first kappa shape index (κ1) is 22.5. The smallest absolute Gasteiger partial charge is 0.254 e. The Kier molecular flexibility index (Phi) is 7.91. The average Bonchev–Trinajstić information content (AvgIpc) is 2.87. The van der Waals surface area contributed by atoms with Gasteiger partial charge in [-0.25, -0.2) is 0 Å². The number of rotatable bonds is 7. The molecule has 1 N–H and O–H groups in total. The molecule has 6 heteroatoms. The minimum atomic E-state index is -0.0724. The summed E-state index contributed by atoms with van der Waals surface area (Å²) in [5, 5.41) is 3.10. The van der Waals surface area contributed by atoms with E-state index in [1.807, 2.05) is 0 Å². The van der Waals surface area contributed by atoms with Crippen LogP contribution in [0.2, 0.25) is 0 Å². The predicted molar refractivity (Wildman–Crippen MR) is 125 cm³/mol. The molecular weight excluding hydrogens is 402 g/mol. The molecule has 2 aliphatic rings. The number of hydrogen-bond donors (Lipinski definition) is 1. The third kappa shape index (κ3) is 6.17. The predicted octanol–water partition coefficient (Wildman–Crippen LogP) is 2.84. The fraction of sp³-hybridized carbons (Fsp3) is 0.462. The number of morpholine rings is 1. The summed E-state index contributed by atoms with van der Waals surface area (Å²) in [7, 11) is 0. The molecule has 0 radical (unpaired) electrons. The first-order chi connectivity index (χ1) is 15.7. The Labute approximate surface area is 190 Å². The maximum atomic E-state index is 12.6. The quantitative estimate of drug-likeness (QED) is 0.727. The van der Waals surface area contributed by atoms with Gasteiger partial charge < -0.3 is 19.9 Å². The molecule has 2 fully saturated rings. The van der Waals surface area contributed by atoms with E-state index in [0.717, 1.165) is 32.5 Å². The van der Waals surface area contributed by atoms with Crippen molar-refractivity contribution in [3.63, 3.8) is 0 Å². The van der Waals surface area contributed by atoms with Crippen LogP contribution in [0.3, 0.4) is 0 Å². The molecule has 4 rings (SSSR count). The topological polar surface area (TPSA) is 61.9 Å². The van der Waals surface area contributed by atoms with Gasteiger partial charge in [0.2, 0.25) is 0 Å². The summed E-state index contributed by atoms with van der Waals surface area (Å²) in [5.74, 6) is 0.403. The van der Waals surface area contributed by atoms with Crippen molar-refractivity contribution in [1.82, 2.24) is 15.1 Å². The highest BCUT2D eigenvalue weighted by atomic mass is 16.5. The highest BCUT2D eigenvalue weighted by Gasteiger charge is 2.21. The molecule has 0 bridgehead atoms. The van der Waals surface area contributed by atoms with Gasteiger partial charge in [-0.05, 0) is 61.6 Å². The summed E-state index contributed by atoms with van der Waals surface area (Å²) in [6, 6.07) is 17.6. The van der Waals surface area contributed by atoms with E-state index in [1.54, 1.807) is 29.2 Å². The molecule has 0 aliphatic carbocycles. The molecule has 2 amide bonds. The number of hydrogen-bond acceptors (Lipinski definition) is 4. The molecule has 2 aromatic rings. The summed E-state index contributed by atoms with van der Waals surface area (Å²) in [5.41, 5.74) is 2.59. The molecule has 1 atom stereocenters. The van der Waals surface area contributed by atoms with E-state index in [4.69, 9.17) is 4.74 Å². The Morgan fingerprint density at radius 2 is 1.66 bits per heavy atom. The molecule has 2 aliphatic heterocycles. The lowest BCUT2D eigenvalue weighted by Crippen LogP contribution is -2.41. The van der Waals surface area contributed by atoms with Gasteiger partial charge in [0.15, 0.2) is 0 Å². The standard InChI is InChI=1S/C26H33N3O3/c30-25(23-8-10-24(11-9-23)26(31)29-15-17-32-18-16-29)27-19-22-7-4-13-28(20-22)14-12-21-5-2-1-3-6-21/h1-3,5-6,8-11,22H,4,7,12-20H2,(H,27,30). The van der Waals surface area contributed by atoms with Gasteiger partial charge in [-0.2, -0.15) is 0 Å². The lowest BCUT2D eigenvalue weighted by atomic mass is 9.97. The van der Waals surface area contributed by atoms with Gasteiger partial charge >= 0.3 is 0 Å². The molecule has 2 saturated heterocycles. The normalized spacial score (nSPS) is 19.5. The van der Waals surface area contributed by atoms with Crippen molar-refractivity contribution in [3.05, 3.63) is 71.3 Å². The number of likely N-dealkylation sites (tertiary alicyclic amines) is 1. The summed E-state index contributed by atoms with van der Waals surface area (Å²) in [4.78, 5) is 29.5. The first-order valence-electron chi connectivity index (χ1n) is 11.7. The van der Waals surface area contributed by atoms with Crippen LogP contribution in [0.5, 0.6) is 0 Å². The number of nitrogens with zero attached hydrogens (tertiary/aromatic N) is 2. The minimum absolute atomic E-state index is 0.00180. The monoisotopic (exact) mass is 435 g/mol. The van der Waals surface area contributed by atoms with Crippen LogP contribution in [0, 0.1) is 5.92 Å². The highest BCUT2D eigenvalue weighted by molar-refractivity contribution is 5.97. The van der Waals surface area contributed by atoms with Crippen LogP contribution >= 0.6 is 0 Å². The van der Waals surface area contributed by atoms with Crippen molar-refractivity contribution in [3.8, 4) is 0 Å². The second-order valence-corrected chi connectivity index (χ2v) is 8.74. The average molecular weight is 436 g/mol. The van der Waals surface area contributed by atoms with Crippen LogP contribution in [0.25, 0.3) is 0 Å². The second-order valence-electron chi connectivity index (χ2n) is 8.74. The van der Waals surface area contributed by atoms with Crippen molar-refractivity contribution in [2.24, 2.45) is 5.92 Å². The van der Waals surface area contributed by atoms with Crippen LogP contribution in [-0.2, 0) is 11.2 Å². The maximum Gasteiger partial charge on any atom is 0.254 e.